The van der Waals surface area contributed by atoms with Crippen LogP contribution in [0.3, 0.4) is 0 Å². The summed E-state index contributed by atoms with van der Waals surface area (Å²) in [5, 5.41) is 0. The minimum atomic E-state index is -0.348. The molecule has 3 N–H and O–H groups in total. The molecule has 18 heavy (non-hydrogen) atoms. The van der Waals surface area contributed by atoms with Gasteiger partial charge in [0.05, 0.1) is 6.10 Å². The number of halogens is 1. The zero-order valence-electron chi connectivity index (χ0n) is 10.1. The lowest BCUT2D eigenvalue weighted by atomic mass is 9.87. The van der Waals surface area contributed by atoms with Crippen molar-refractivity contribution in [2.75, 3.05) is 0 Å². The average molecular weight is 252 g/mol. The summed E-state index contributed by atoms with van der Waals surface area (Å²) in [6.07, 6.45) is 2.91. The van der Waals surface area contributed by atoms with E-state index in [0.717, 1.165) is 25.7 Å². The van der Waals surface area contributed by atoms with Crippen LogP contribution >= 0.6 is 0 Å². The molecule has 1 aliphatic rings. The van der Waals surface area contributed by atoms with E-state index in [-0.39, 0.29) is 29.5 Å². The van der Waals surface area contributed by atoms with E-state index in [0.29, 0.717) is 0 Å². The molecule has 1 fully saturated rings. The minimum Gasteiger partial charge on any atom is -0.487 e. The molecule has 1 aliphatic carbocycles. The molecule has 0 spiro atoms. The summed E-state index contributed by atoms with van der Waals surface area (Å²) in [6, 6.07) is 6.37. The Morgan fingerprint density at radius 3 is 2.56 bits per heavy atom. The Morgan fingerprint density at radius 1 is 1.28 bits per heavy atom. The summed E-state index contributed by atoms with van der Waals surface area (Å²) in [6.45, 7) is 0. The van der Waals surface area contributed by atoms with Gasteiger partial charge in [-0.1, -0.05) is 12.1 Å². The number of ether oxygens (including phenoxy) is 1. The monoisotopic (exact) mass is 252 g/mol. The first kappa shape index (κ1) is 12.8. The van der Waals surface area contributed by atoms with Crippen molar-refractivity contribution in [3.05, 3.63) is 30.1 Å². The SMILES string of the molecule is NNC(=O)[C@H]1CC[C@H](Oc2ccccc2F)CC1. The van der Waals surface area contributed by atoms with Crippen LogP contribution in [0, 0.1) is 11.7 Å². The van der Waals surface area contributed by atoms with Crippen molar-refractivity contribution < 1.29 is 13.9 Å². The molecule has 0 bridgehead atoms. The number of rotatable bonds is 3. The second-order valence-corrected chi connectivity index (χ2v) is 4.53. The summed E-state index contributed by atoms with van der Waals surface area (Å²) in [5.74, 6) is 4.86. The number of nitrogens with one attached hydrogen (secondary N) is 1. The maximum atomic E-state index is 13.4. The average Bonchev–Trinajstić information content (AvgIpc) is 2.41. The zero-order chi connectivity index (χ0) is 13.0. The normalized spacial score (nSPS) is 23.4. The molecule has 5 heteroatoms. The van der Waals surface area contributed by atoms with Gasteiger partial charge in [-0.25, -0.2) is 10.2 Å². The van der Waals surface area contributed by atoms with Gasteiger partial charge in [-0.3, -0.25) is 10.2 Å². The summed E-state index contributed by atoms with van der Waals surface area (Å²) in [7, 11) is 0. The van der Waals surface area contributed by atoms with Crippen molar-refractivity contribution in [2.45, 2.75) is 31.8 Å². The van der Waals surface area contributed by atoms with E-state index in [1.807, 2.05) is 0 Å². The molecule has 98 valence electrons. The highest BCUT2D eigenvalue weighted by atomic mass is 19.1. The molecule has 0 radical (unpaired) electrons. The molecule has 0 saturated heterocycles. The highest BCUT2D eigenvalue weighted by Crippen LogP contribution is 2.28. The van der Waals surface area contributed by atoms with Gasteiger partial charge >= 0.3 is 0 Å². The lowest BCUT2D eigenvalue weighted by Gasteiger charge is -2.27. The predicted molar refractivity (Wildman–Crippen MR) is 65.1 cm³/mol. The van der Waals surface area contributed by atoms with Crippen LogP contribution in [0.25, 0.3) is 0 Å². The van der Waals surface area contributed by atoms with Gasteiger partial charge in [0, 0.05) is 5.92 Å². The maximum Gasteiger partial charge on any atom is 0.236 e. The van der Waals surface area contributed by atoms with Crippen molar-refractivity contribution in [2.24, 2.45) is 11.8 Å². The smallest absolute Gasteiger partial charge is 0.236 e. The number of hydrogen-bond acceptors (Lipinski definition) is 3. The standard InChI is InChI=1S/C13H17FN2O2/c14-11-3-1-2-4-12(11)18-10-7-5-9(6-8-10)13(17)16-15/h1-4,9-10H,5-8,15H2,(H,16,17)/t9-,10-. The van der Waals surface area contributed by atoms with Crippen LogP contribution in [0.4, 0.5) is 4.39 Å². The van der Waals surface area contributed by atoms with Gasteiger partial charge in [-0.15, -0.1) is 0 Å². The van der Waals surface area contributed by atoms with E-state index in [4.69, 9.17) is 10.6 Å². The summed E-state index contributed by atoms with van der Waals surface area (Å²) < 4.78 is 19.0. The van der Waals surface area contributed by atoms with Gasteiger partial charge in [0.25, 0.3) is 0 Å². The Balaban J connectivity index is 1.87. The third-order valence-corrected chi connectivity index (χ3v) is 3.32. The molecule has 0 atom stereocenters. The maximum absolute atomic E-state index is 13.4. The first-order chi connectivity index (χ1) is 8.70. The summed E-state index contributed by atoms with van der Waals surface area (Å²) >= 11 is 0. The molecule has 2 rings (SSSR count). The van der Waals surface area contributed by atoms with Gasteiger partial charge in [0.1, 0.15) is 0 Å². The third-order valence-electron chi connectivity index (χ3n) is 3.32. The topological polar surface area (TPSA) is 64.3 Å². The second-order valence-electron chi connectivity index (χ2n) is 4.53. The van der Waals surface area contributed by atoms with Crippen molar-refractivity contribution in [1.82, 2.24) is 5.43 Å². The molecule has 0 aromatic heterocycles. The van der Waals surface area contributed by atoms with Crippen LogP contribution in [-0.2, 0) is 4.79 Å². The molecule has 1 amide bonds. The Morgan fingerprint density at radius 2 is 1.94 bits per heavy atom. The number of carbonyl (C=O) groups is 1. The number of benzene rings is 1. The largest absolute Gasteiger partial charge is 0.487 e. The fraction of sp³-hybridized carbons (Fsp3) is 0.462. The van der Waals surface area contributed by atoms with Gasteiger partial charge in [0.2, 0.25) is 5.91 Å². The molecule has 0 unspecified atom stereocenters. The van der Waals surface area contributed by atoms with Crippen LogP contribution in [0.15, 0.2) is 24.3 Å². The number of hydrazine groups is 1. The third kappa shape index (κ3) is 2.98. The Hall–Kier alpha value is -1.62. The highest BCUT2D eigenvalue weighted by molar-refractivity contribution is 5.78. The van der Waals surface area contributed by atoms with Crippen LogP contribution in [0.2, 0.25) is 0 Å². The first-order valence-corrected chi connectivity index (χ1v) is 6.12. The van der Waals surface area contributed by atoms with E-state index in [1.165, 1.54) is 6.07 Å². The molecular weight excluding hydrogens is 235 g/mol. The van der Waals surface area contributed by atoms with Crippen molar-refractivity contribution in [3.8, 4) is 5.75 Å². The highest BCUT2D eigenvalue weighted by Gasteiger charge is 2.27. The fourth-order valence-corrected chi connectivity index (χ4v) is 2.28. The van der Waals surface area contributed by atoms with Crippen molar-refractivity contribution in [1.29, 1.82) is 0 Å². The number of nitrogens with two attached hydrogens (primary N) is 1. The van der Waals surface area contributed by atoms with Gasteiger partial charge in [-0.05, 0) is 37.8 Å². The molecule has 0 heterocycles. The number of para-hydroxylation sites is 1. The fourth-order valence-electron chi connectivity index (χ4n) is 2.28. The lowest BCUT2D eigenvalue weighted by molar-refractivity contribution is -0.126. The van der Waals surface area contributed by atoms with E-state index >= 15 is 0 Å². The van der Waals surface area contributed by atoms with Crippen molar-refractivity contribution >= 4 is 5.91 Å². The number of carbonyl (C=O) groups excluding carboxylic acids is 1. The van der Waals surface area contributed by atoms with Crippen LogP contribution < -0.4 is 16.0 Å². The van der Waals surface area contributed by atoms with E-state index in [1.54, 1.807) is 18.2 Å². The van der Waals surface area contributed by atoms with E-state index in [2.05, 4.69) is 5.43 Å². The van der Waals surface area contributed by atoms with E-state index in [9.17, 15) is 9.18 Å². The molecule has 1 aromatic rings. The second kappa shape index (κ2) is 5.82. The Labute approximate surface area is 105 Å². The zero-order valence-corrected chi connectivity index (χ0v) is 10.1. The number of hydrogen-bond donors (Lipinski definition) is 2. The van der Waals surface area contributed by atoms with Crippen molar-refractivity contribution in [3.63, 3.8) is 0 Å². The van der Waals surface area contributed by atoms with Crippen LogP contribution in [-0.4, -0.2) is 12.0 Å². The molecule has 0 aliphatic heterocycles. The Kier molecular flexibility index (Phi) is 4.15. The predicted octanol–water partition coefficient (Wildman–Crippen LogP) is 1.75. The Bertz CT molecular complexity index is 417. The molecule has 4 nitrogen and oxygen atoms in total. The van der Waals surface area contributed by atoms with Gasteiger partial charge in [-0.2, -0.15) is 0 Å². The molecule has 1 aromatic carbocycles. The molecule has 1 saturated carbocycles. The minimum absolute atomic E-state index is 0.0243. The van der Waals surface area contributed by atoms with Crippen LogP contribution in [0.1, 0.15) is 25.7 Å². The van der Waals surface area contributed by atoms with E-state index < -0.39 is 0 Å². The summed E-state index contributed by atoms with van der Waals surface area (Å²) in [5.41, 5.74) is 2.17. The lowest BCUT2D eigenvalue weighted by Crippen LogP contribution is -2.38. The van der Waals surface area contributed by atoms with Gasteiger partial charge < -0.3 is 4.74 Å². The molecular formula is C13H17FN2O2. The number of amides is 1. The first-order valence-electron chi connectivity index (χ1n) is 6.12. The summed E-state index contributed by atoms with van der Waals surface area (Å²) in [4.78, 5) is 11.3. The van der Waals surface area contributed by atoms with Gasteiger partial charge in [0.15, 0.2) is 11.6 Å². The van der Waals surface area contributed by atoms with Crippen LogP contribution in [0.5, 0.6) is 5.75 Å². The quantitative estimate of drug-likeness (QED) is 0.489.